The number of likely N-dealkylation sites (tertiary alicyclic amines) is 1. The Bertz CT molecular complexity index is 831. The Morgan fingerprint density at radius 1 is 0.929 bits per heavy atom. The highest BCUT2D eigenvalue weighted by molar-refractivity contribution is 5.28. The first kappa shape index (κ1) is 19.1. The van der Waals surface area contributed by atoms with Crippen LogP contribution in [0, 0.1) is 17.8 Å². The van der Waals surface area contributed by atoms with E-state index in [0.717, 1.165) is 19.4 Å². The zero-order valence-corrected chi connectivity index (χ0v) is 17.5. The molecule has 1 fully saturated rings. The van der Waals surface area contributed by atoms with Gasteiger partial charge in [0.2, 0.25) is 0 Å². The van der Waals surface area contributed by atoms with Crippen LogP contribution in [-0.4, -0.2) is 17.0 Å². The molecule has 1 heterocycles. The summed E-state index contributed by atoms with van der Waals surface area (Å²) in [4.78, 5) is 2.74. The van der Waals surface area contributed by atoms with Crippen LogP contribution in [0.2, 0.25) is 0 Å². The van der Waals surface area contributed by atoms with Gasteiger partial charge < -0.3 is 4.90 Å². The van der Waals surface area contributed by atoms with E-state index in [9.17, 15) is 0 Å². The molecule has 2 aliphatic rings. The molecule has 3 unspecified atom stereocenters. The first-order valence-corrected chi connectivity index (χ1v) is 10.8. The van der Waals surface area contributed by atoms with Gasteiger partial charge in [-0.25, -0.2) is 0 Å². The summed E-state index contributed by atoms with van der Waals surface area (Å²) < 4.78 is 0. The third-order valence-corrected chi connectivity index (χ3v) is 7.12. The number of rotatable bonds is 5. The fourth-order valence-corrected chi connectivity index (χ4v) is 5.47. The molecule has 1 nitrogen and oxygen atoms in total. The SMILES string of the molecule is CC1C2CC=CC=C2N(CCc2ccccc2)C(C)(C)C1Cc1ccccc1. The van der Waals surface area contributed by atoms with E-state index >= 15 is 0 Å². The van der Waals surface area contributed by atoms with Crippen LogP contribution in [0.25, 0.3) is 0 Å². The molecule has 1 aliphatic heterocycles. The molecule has 146 valence electrons. The summed E-state index contributed by atoms with van der Waals surface area (Å²) >= 11 is 0. The monoisotopic (exact) mass is 371 g/mol. The number of fused-ring (bicyclic) bond motifs is 1. The van der Waals surface area contributed by atoms with Crippen LogP contribution in [0.5, 0.6) is 0 Å². The van der Waals surface area contributed by atoms with Crippen LogP contribution in [0.4, 0.5) is 0 Å². The van der Waals surface area contributed by atoms with E-state index in [1.54, 1.807) is 5.70 Å². The number of piperidine rings is 1. The Labute approximate surface area is 170 Å². The molecule has 1 saturated heterocycles. The Morgan fingerprint density at radius 3 is 2.25 bits per heavy atom. The molecular formula is C27H33N. The summed E-state index contributed by atoms with van der Waals surface area (Å²) in [6.45, 7) is 8.52. The summed E-state index contributed by atoms with van der Waals surface area (Å²) in [6.07, 6.45) is 10.4. The lowest BCUT2D eigenvalue weighted by Gasteiger charge is -2.57. The molecule has 3 atom stereocenters. The van der Waals surface area contributed by atoms with Gasteiger partial charge in [-0.1, -0.05) is 79.7 Å². The summed E-state index contributed by atoms with van der Waals surface area (Å²) in [5.41, 5.74) is 4.59. The van der Waals surface area contributed by atoms with Crippen molar-refractivity contribution in [3.63, 3.8) is 0 Å². The van der Waals surface area contributed by atoms with Gasteiger partial charge in [-0.3, -0.25) is 0 Å². The van der Waals surface area contributed by atoms with Gasteiger partial charge in [0, 0.05) is 23.7 Å². The highest BCUT2D eigenvalue weighted by Gasteiger charge is 2.48. The maximum absolute atomic E-state index is 2.74. The summed E-state index contributed by atoms with van der Waals surface area (Å²) in [6, 6.07) is 22.0. The van der Waals surface area contributed by atoms with Crippen molar-refractivity contribution in [3.8, 4) is 0 Å². The largest absolute Gasteiger partial charge is 0.369 e. The predicted molar refractivity (Wildman–Crippen MR) is 119 cm³/mol. The molecule has 1 aliphatic carbocycles. The van der Waals surface area contributed by atoms with Gasteiger partial charge in [0.05, 0.1) is 0 Å². The molecule has 0 N–H and O–H groups in total. The third kappa shape index (κ3) is 3.68. The summed E-state index contributed by atoms with van der Waals surface area (Å²) in [5.74, 6) is 1.96. The average Bonchev–Trinajstić information content (AvgIpc) is 2.72. The molecule has 2 aromatic carbocycles. The quantitative estimate of drug-likeness (QED) is 0.598. The lowest BCUT2D eigenvalue weighted by Crippen LogP contribution is -2.59. The van der Waals surface area contributed by atoms with Gasteiger partial charge in [-0.2, -0.15) is 0 Å². The normalized spacial score (nSPS) is 25.9. The van der Waals surface area contributed by atoms with Crippen LogP contribution in [-0.2, 0) is 12.8 Å². The minimum Gasteiger partial charge on any atom is -0.369 e. The Kier molecular flexibility index (Phi) is 5.44. The van der Waals surface area contributed by atoms with Crippen LogP contribution in [0.3, 0.4) is 0 Å². The van der Waals surface area contributed by atoms with Crippen LogP contribution in [0.1, 0.15) is 38.3 Å². The molecule has 1 heteroatoms. The molecule has 4 rings (SSSR count). The second-order valence-corrected chi connectivity index (χ2v) is 9.06. The smallest absolute Gasteiger partial charge is 0.0377 e. The van der Waals surface area contributed by atoms with E-state index in [0.29, 0.717) is 17.8 Å². The number of benzene rings is 2. The highest BCUT2D eigenvalue weighted by Crippen LogP contribution is 2.49. The second-order valence-electron chi connectivity index (χ2n) is 9.06. The van der Waals surface area contributed by atoms with Crippen molar-refractivity contribution in [2.75, 3.05) is 6.54 Å². The molecule has 0 aromatic heterocycles. The van der Waals surface area contributed by atoms with E-state index in [1.165, 1.54) is 17.5 Å². The maximum atomic E-state index is 2.74. The van der Waals surface area contributed by atoms with Gasteiger partial charge in [-0.05, 0) is 62.1 Å². The number of hydrogen-bond acceptors (Lipinski definition) is 1. The molecule has 2 aromatic rings. The van der Waals surface area contributed by atoms with E-state index < -0.39 is 0 Å². The number of allylic oxidation sites excluding steroid dienone is 4. The average molecular weight is 372 g/mol. The molecule has 0 amide bonds. The highest BCUT2D eigenvalue weighted by atomic mass is 15.2. The van der Waals surface area contributed by atoms with Crippen LogP contribution >= 0.6 is 0 Å². The van der Waals surface area contributed by atoms with Gasteiger partial charge in [0.1, 0.15) is 0 Å². The third-order valence-electron chi connectivity index (χ3n) is 7.12. The number of nitrogens with zero attached hydrogens (tertiary/aromatic N) is 1. The van der Waals surface area contributed by atoms with E-state index in [2.05, 4.69) is 105 Å². The number of hydrogen-bond donors (Lipinski definition) is 0. The van der Waals surface area contributed by atoms with E-state index in [4.69, 9.17) is 0 Å². The van der Waals surface area contributed by atoms with Gasteiger partial charge in [0.25, 0.3) is 0 Å². The first-order chi connectivity index (χ1) is 13.6. The minimum atomic E-state index is 0.136. The fourth-order valence-electron chi connectivity index (χ4n) is 5.47. The van der Waals surface area contributed by atoms with E-state index in [-0.39, 0.29) is 5.54 Å². The molecule has 0 saturated carbocycles. The molecule has 0 radical (unpaired) electrons. The summed E-state index contributed by atoms with van der Waals surface area (Å²) in [7, 11) is 0. The van der Waals surface area contributed by atoms with Crippen molar-refractivity contribution in [1.82, 2.24) is 4.90 Å². The zero-order valence-electron chi connectivity index (χ0n) is 17.5. The van der Waals surface area contributed by atoms with Gasteiger partial charge in [0.15, 0.2) is 0 Å². The van der Waals surface area contributed by atoms with Crippen LogP contribution < -0.4 is 0 Å². The van der Waals surface area contributed by atoms with Crippen LogP contribution in [0.15, 0.2) is 84.6 Å². The minimum absolute atomic E-state index is 0.136. The van der Waals surface area contributed by atoms with Gasteiger partial charge >= 0.3 is 0 Å². The molecular weight excluding hydrogens is 338 g/mol. The molecule has 28 heavy (non-hydrogen) atoms. The fraction of sp³-hybridized carbons (Fsp3) is 0.407. The van der Waals surface area contributed by atoms with E-state index in [1.807, 2.05) is 0 Å². The standard InChI is InChI=1S/C27H33N/c1-21-24-16-10-11-17-26(24)28(19-18-22-12-6-4-7-13-22)27(2,3)25(21)20-23-14-8-5-9-15-23/h4-15,17,21,24-25H,16,18-20H2,1-3H3. The van der Waals surface area contributed by atoms with Crippen molar-refractivity contribution >= 4 is 0 Å². The first-order valence-electron chi connectivity index (χ1n) is 10.8. The van der Waals surface area contributed by atoms with Gasteiger partial charge in [-0.15, -0.1) is 0 Å². The maximum Gasteiger partial charge on any atom is 0.0377 e. The lowest BCUT2D eigenvalue weighted by molar-refractivity contribution is -0.00560. The molecule has 0 spiro atoms. The molecule has 0 bridgehead atoms. The van der Waals surface area contributed by atoms with Crippen molar-refractivity contribution in [1.29, 1.82) is 0 Å². The predicted octanol–water partition coefficient (Wildman–Crippen LogP) is 6.28. The van der Waals surface area contributed by atoms with Crippen molar-refractivity contribution < 1.29 is 0 Å². The van der Waals surface area contributed by atoms with Crippen molar-refractivity contribution in [2.24, 2.45) is 17.8 Å². The topological polar surface area (TPSA) is 3.24 Å². The van der Waals surface area contributed by atoms with Crippen molar-refractivity contribution in [2.45, 2.75) is 45.6 Å². The Balaban J connectivity index is 1.63. The van der Waals surface area contributed by atoms with Crippen molar-refractivity contribution in [3.05, 3.63) is 95.7 Å². The summed E-state index contributed by atoms with van der Waals surface area (Å²) in [5, 5.41) is 0. The lowest BCUT2D eigenvalue weighted by atomic mass is 9.63. The zero-order chi connectivity index (χ0) is 19.6. The second kappa shape index (κ2) is 7.99. The Hall–Kier alpha value is -2.28. The Morgan fingerprint density at radius 2 is 1.57 bits per heavy atom.